The maximum Gasteiger partial charge on any atom is 0.255 e. The second-order valence-corrected chi connectivity index (χ2v) is 4.70. The van der Waals surface area contributed by atoms with Gasteiger partial charge in [-0.25, -0.2) is 4.98 Å². The van der Waals surface area contributed by atoms with Crippen molar-refractivity contribution in [3.05, 3.63) is 59.4 Å². The molecule has 0 radical (unpaired) electrons. The van der Waals surface area contributed by atoms with E-state index < -0.39 is 0 Å². The van der Waals surface area contributed by atoms with Crippen LogP contribution in [0.5, 0.6) is 0 Å². The van der Waals surface area contributed by atoms with E-state index in [1.54, 1.807) is 36.4 Å². The van der Waals surface area contributed by atoms with Crippen LogP contribution in [0.25, 0.3) is 11.0 Å². The average molecular weight is 276 g/mol. The number of imidazole rings is 1. The Morgan fingerprint density at radius 1 is 1.24 bits per heavy atom. The quantitative estimate of drug-likeness (QED) is 0.754. The van der Waals surface area contributed by atoms with E-state index in [4.69, 9.17) is 5.26 Å². The van der Waals surface area contributed by atoms with Gasteiger partial charge in [0.1, 0.15) is 5.82 Å². The van der Waals surface area contributed by atoms with Crippen LogP contribution in [0.1, 0.15) is 21.7 Å². The molecule has 21 heavy (non-hydrogen) atoms. The average Bonchev–Trinajstić information content (AvgIpc) is 2.87. The van der Waals surface area contributed by atoms with Crippen molar-refractivity contribution < 1.29 is 4.79 Å². The fourth-order valence-electron chi connectivity index (χ4n) is 2.11. The van der Waals surface area contributed by atoms with Crippen molar-refractivity contribution in [3.63, 3.8) is 0 Å². The van der Waals surface area contributed by atoms with Crippen LogP contribution >= 0.6 is 0 Å². The van der Waals surface area contributed by atoms with Crippen LogP contribution < -0.4 is 5.32 Å². The number of benzene rings is 2. The zero-order valence-corrected chi connectivity index (χ0v) is 11.3. The number of rotatable bonds is 2. The number of fused-ring (bicyclic) bond motifs is 1. The van der Waals surface area contributed by atoms with Crippen LogP contribution in [0, 0.1) is 18.3 Å². The molecule has 0 aliphatic heterocycles. The minimum atomic E-state index is -0.200. The summed E-state index contributed by atoms with van der Waals surface area (Å²) >= 11 is 0. The molecule has 2 N–H and O–H groups in total. The predicted molar refractivity (Wildman–Crippen MR) is 79.9 cm³/mol. The summed E-state index contributed by atoms with van der Waals surface area (Å²) in [5.74, 6) is 0.614. The number of nitriles is 1. The number of aromatic nitrogens is 2. The molecule has 5 nitrogen and oxygen atoms in total. The molecule has 0 atom stereocenters. The number of hydrogen-bond donors (Lipinski definition) is 2. The molecular weight excluding hydrogens is 264 g/mol. The standard InChI is InChI=1S/C16H12N4O/c1-10-18-14-7-4-12(8-15(14)19-10)16(21)20-13-5-2-11(9-17)3-6-13/h2-8H,1H3,(H,18,19)(H,20,21). The Kier molecular flexibility index (Phi) is 3.13. The van der Waals surface area contributed by atoms with Crippen molar-refractivity contribution >= 4 is 22.6 Å². The smallest absolute Gasteiger partial charge is 0.255 e. The Labute approximate surface area is 121 Å². The van der Waals surface area contributed by atoms with Gasteiger partial charge in [0.05, 0.1) is 22.7 Å². The van der Waals surface area contributed by atoms with Gasteiger partial charge in [0.15, 0.2) is 0 Å². The number of hydrogen-bond acceptors (Lipinski definition) is 3. The first-order valence-corrected chi connectivity index (χ1v) is 6.43. The van der Waals surface area contributed by atoms with Gasteiger partial charge in [0, 0.05) is 11.3 Å². The third-order valence-electron chi connectivity index (χ3n) is 3.13. The van der Waals surface area contributed by atoms with Gasteiger partial charge in [0.2, 0.25) is 0 Å². The summed E-state index contributed by atoms with van der Waals surface area (Å²) < 4.78 is 0. The number of amides is 1. The summed E-state index contributed by atoms with van der Waals surface area (Å²) in [6.07, 6.45) is 0. The van der Waals surface area contributed by atoms with Crippen LogP contribution in [0.3, 0.4) is 0 Å². The molecule has 0 fully saturated rings. The maximum atomic E-state index is 12.2. The molecule has 0 aliphatic rings. The summed E-state index contributed by atoms with van der Waals surface area (Å²) in [7, 11) is 0. The molecule has 1 heterocycles. The molecule has 5 heteroatoms. The van der Waals surface area contributed by atoms with Gasteiger partial charge in [0.25, 0.3) is 5.91 Å². The zero-order valence-electron chi connectivity index (χ0n) is 11.3. The predicted octanol–water partition coefficient (Wildman–Crippen LogP) is 3.00. The Hall–Kier alpha value is -3.13. The number of anilines is 1. The van der Waals surface area contributed by atoms with E-state index in [0.717, 1.165) is 16.9 Å². The van der Waals surface area contributed by atoms with Gasteiger partial charge in [-0.3, -0.25) is 4.79 Å². The number of aromatic amines is 1. The van der Waals surface area contributed by atoms with Gasteiger partial charge >= 0.3 is 0 Å². The van der Waals surface area contributed by atoms with Gasteiger partial charge in [-0.15, -0.1) is 0 Å². The highest BCUT2D eigenvalue weighted by atomic mass is 16.1. The topological polar surface area (TPSA) is 81.6 Å². The molecule has 0 saturated heterocycles. The summed E-state index contributed by atoms with van der Waals surface area (Å²) in [6.45, 7) is 1.87. The van der Waals surface area contributed by atoms with E-state index in [9.17, 15) is 4.79 Å². The second-order valence-electron chi connectivity index (χ2n) is 4.70. The highest BCUT2D eigenvalue weighted by Gasteiger charge is 2.08. The Bertz CT molecular complexity index is 856. The molecule has 2 aromatic carbocycles. The van der Waals surface area contributed by atoms with Crippen LogP contribution in [-0.2, 0) is 0 Å². The maximum absolute atomic E-state index is 12.2. The summed E-state index contributed by atoms with van der Waals surface area (Å²) in [5, 5.41) is 11.5. The number of H-pyrrole nitrogens is 1. The molecule has 102 valence electrons. The molecule has 1 aromatic heterocycles. The van der Waals surface area contributed by atoms with Crippen molar-refractivity contribution in [1.82, 2.24) is 9.97 Å². The molecular formula is C16H12N4O. The molecule has 0 spiro atoms. The number of carbonyl (C=O) groups excluding carboxylic acids is 1. The van der Waals surface area contributed by atoms with Gasteiger partial charge in [-0.2, -0.15) is 5.26 Å². The van der Waals surface area contributed by atoms with E-state index in [1.165, 1.54) is 0 Å². The van der Waals surface area contributed by atoms with Crippen LogP contribution in [-0.4, -0.2) is 15.9 Å². The number of nitrogens with one attached hydrogen (secondary N) is 2. The van der Waals surface area contributed by atoms with Gasteiger partial charge in [-0.1, -0.05) is 0 Å². The lowest BCUT2D eigenvalue weighted by molar-refractivity contribution is 0.102. The number of aryl methyl sites for hydroxylation is 1. The van der Waals surface area contributed by atoms with Crippen LogP contribution in [0.15, 0.2) is 42.5 Å². The van der Waals surface area contributed by atoms with E-state index >= 15 is 0 Å². The van der Waals surface area contributed by atoms with Crippen molar-refractivity contribution in [2.24, 2.45) is 0 Å². The van der Waals surface area contributed by atoms with Crippen molar-refractivity contribution in [1.29, 1.82) is 5.26 Å². The lowest BCUT2D eigenvalue weighted by atomic mass is 10.1. The van der Waals surface area contributed by atoms with E-state index in [1.807, 2.05) is 19.1 Å². The molecule has 0 saturated carbocycles. The molecule has 0 aliphatic carbocycles. The highest BCUT2D eigenvalue weighted by Crippen LogP contribution is 2.15. The molecule has 0 unspecified atom stereocenters. The fraction of sp³-hybridized carbons (Fsp3) is 0.0625. The Morgan fingerprint density at radius 2 is 2.00 bits per heavy atom. The molecule has 3 aromatic rings. The zero-order chi connectivity index (χ0) is 14.8. The lowest BCUT2D eigenvalue weighted by Gasteiger charge is -2.05. The van der Waals surface area contributed by atoms with Crippen LogP contribution in [0.2, 0.25) is 0 Å². The minimum absolute atomic E-state index is 0.200. The third-order valence-corrected chi connectivity index (χ3v) is 3.13. The van der Waals surface area contributed by atoms with E-state index in [-0.39, 0.29) is 5.91 Å². The second kappa shape index (κ2) is 5.10. The van der Waals surface area contributed by atoms with Crippen molar-refractivity contribution in [2.45, 2.75) is 6.92 Å². The monoisotopic (exact) mass is 276 g/mol. The summed E-state index contributed by atoms with van der Waals surface area (Å²) in [6, 6.07) is 14.1. The number of carbonyl (C=O) groups is 1. The first-order valence-electron chi connectivity index (χ1n) is 6.43. The molecule has 1 amide bonds. The van der Waals surface area contributed by atoms with Crippen molar-refractivity contribution in [2.75, 3.05) is 5.32 Å². The van der Waals surface area contributed by atoms with E-state index in [2.05, 4.69) is 15.3 Å². The lowest BCUT2D eigenvalue weighted by Crippen LogP contribution is -2.11. The summed E-state index contributed by atoms with van der Waals surface area (Å²) in [5.41, 5.74) is 3.43. The van der Waals surface area contributed by atoms with Gasteiger partial charge in [-0.05, 0) is 49.4 Å². The van der Waals surface area contributed by atoms with E-state index in [0.29, 0.717) is 16.8 Å². The largest absolute Gasteiger partial charge is 0.342 e. The summed E-state index contributed by atoms with van der Waals surface area (Å²) in [4.78, 5) is 19.6. The van der Waals surface area contributed by atoms with Gasteiger partial charge < -0.3 is 10.3 Å². The van der Waals surface area contributed by atoms with Crippen molar-refractivity contribution in [3.8, 4) is 6.07 Å². The fourth-order valence-corrected chi connectivity index (χ4v) is 2.11. The first kappa shape index (κ1) is 12.9. The Morgan fingerprint density at radius 3 is 2.71 bits per heavy atom. The normalized spacial score (nSPS) is 10.3. The number of nitrogens with zero attached hydrogens (tertiary/aromatic N) is 2. The highest BCUT2D eigenvalue weighted by molar-refractivity contribution is 6.05. The SMILES string of the molecule is Cc1nc2ccc(C(=O)Nc3ccc(C#N)cc3)cc2[nH]1. The Balaban J connectivity index is 1.84. The van der Waals surface area contributed by atoms with Crippen LogP contribution in [0.4, 0.5) is 5.69 Å². The first-order chi connectivity index (χ1) is 10.2. The minimum Gasteiger partial charge on any atom is -0.342 e. The third kappa shape index (κ3) is 2.60. The molecule has 3 rings (SSSR count). The molecule has 0 bridgehead atoms.